The van der Waals surface area contributed by atoms with E-state index in [2.05, 4.69) is 93.9 Å². The fourth-order valence-corrected chi connectivity index (χ4v) is 11.4. The molecule has 27 heavy (non-hydrogen) atoms. The summed E-state index contributed by atoms with van der Waals surface area (Å²) in [4.78, 5) is 0. The molecule has 0 aliphatic heterocycles. The van der Waals surface area contributed by atoms with Crippen LogP contribution in [0.1, 0.15) is 33.6 Å². The van der Waals surface area contributed by atoms with Gasteiger partial charge in [-0.1, -0.05) is 81.4 Å². The number of hydrogen-bond donors (Lipinski definition) is 0. The largest absolute Gasteiger partial charge is 0.407 e. The second-order valence-corrected chi connectivity index (χ2v) is 15.3. The highest BCUT2D eigenvalue weighted by atomic mass is 32.2. The molecule has 0 heterocycles. The molecular formula is C23H32OS2Si. The first-order chi connectivity index (χ1) is 12.9. The van der Waals surface area contributed by atoms with Crippen molar-refractivity contribution in [2.24, 2.45) is 5.92 Å². The summed E-state index contributed by atoms with van der Waals surface area (Å²) in [6.07, 6.45) is 7.08. The van der Waals surface area contributed by atoms with Crippen LogP contribution >= 0.6 is 23.5 Å². The molecular weight excluding hydrogens is 384 g/mol. The van der Waals surface area contributed by atoms with Crippen LogP contribution < -0.4 is 10.4 Å². The highest BCUT2D eigenvalue weighted by Gasteiger charge is 2.52. The zero-order valence-corrected chi connectivity index (χ0v) is 19.8. The first kappa shape index (κ1) is 21.0. The summed E-state index contributed by atoms with van der Waals surface area (Å²) < 4.78 is 7.48. The lowest BCUT2D eigenvalue weighted by Gasteiger charge is -2.50. The molecule has 0 bridgehead atoms. The van der Waals surface area contributed by atoms with Crippen molar-refractivity contribution in [1.82, 2.24) is 0 Å². The Kier molecular flexibility index (Phi) is 6.51. The smallest absolute Gasteiger partial charge is 0.261 e. The van der Waals surface area contributed by atoms with Crippen LogP contribution in [0.15, 0.2) is 60.7 Å². The maximum absolute atomic E-state index is 7.14. The summed E-state index contributed by atoms with van der Waals surface area (Å²) in [5.74, 6) is 0.629. The van der Waals surface area contributed by atoms with Gasteiger partial charge in [-0.15, -0.1) is 23.5 Å². The Balaban J connectivity index is 2.02. The zero-order chi connectivity index (χ0) is 19.5. The molecule has 146 valence electrons. The minimum absolute atomic E-state index is 0.0564. The monoisotopic (exact) mass is 416 g/mol. The van der Waals surface area contributed by atoms with Crippen molar-refractivity contribution < 1.29 is 4.43 Å². The van der Waals surface area contributed by atoms with Gasteiger partial charge >= 0.3 is 0 Å². The van der Waals surface area contributed by atoms with Gasteiger partial charge in [-0.3, -0.25) is 0 Å². The molecule has 1 aliphatic rings. The number of thioether (sulfide) groups is 2. The van der Waals surface area contributed by atoms with Crippen molar-refractivity contribution in [2.45, 2.75) is 42.7 Å². The third-order valence-electron chi connectivity index (χ3n) is 6.07. The van der Waals surface area contributed by atoms with E-state index in [1.807, 2.05) is 23.5 Å². The van der Waals surface area contributed by atoms with Gasteiger partial charge in [0.1, 0.15) is 0 Å². The van der Waals surface area contributed by atoms with E-state index < -0.39 is 8.32 Å². The minimum Gasteiger partial charge on any atom is -0.407 e. The molecule has 4 heteroatoms. The molecule has 3 rings (SSSR count). The second-order valence-electron chi connectivity index (χ2n) is 8.43. The molecule has 0 radical (unpaired) electrons. The van der Waals surface area contributed by atoms with E-state index in [-0.39, 0.29) is 5.04 Å². The Morgan fingerprint density at radius 2 is 1.41 bits per heavy atom. The van der Waals surface area contributed by atoms with E-state index in [1.165, 1.54) is 23.2 Å². The van der Waals surface area contributed by atoms with E-state index in [4.69, 9.17) is 4.43 Å². The molecule has 0 spiro atoms. The highest BCUT2D eigenvalue weighted by molar-refractivity contribution is 8.17. The Morgan fingerprint density at radius 1 is 0.926 bits per heavy atom. The Bertz CT molecular complexity index is 678. The molecule has 1 unspecified atom stereocenters. The summed E-state index contributed by atoms with van der Waals surface area (Å²) in [5, 5.41) is 2.81. The molecule has 2 aromatic rings. The SMILES string of the molecule is CSC1(SC)CCC1CO[Si](c1ccccc1)(c1ccccc1)C(C)(C)C. The standard InChI is InChI=1S/C23H32OS2Si/c1-22(2,3)27(20-12-8-6-9-13-20,21-14-10-7-11-15-21)24-18-19-16-17-23(19,25-4)26-5/h6-15,19H,16-18H2,1-5H3. The molecule has 1 saturated carbocycles. The van der Waals surface area contributed by atoms with Gasteiger partial charge in [0.15, 0.2) is 0 Å². The van der Waals surface area contributed by atoms with Gasteiger partial charge < -0.3 is 4.43 Å². The predicted molar refractivity (Wildman–Crippen MR) is 126 cm³/mol. The van der Waals surface area contributed by atoms with Crippen LogP contribution in [0.25, 0.3) is 0 Å². The lowest BCUT2D eigenvalue weighted by molar-refractivity contribution is 0.166. The van der Waals surface area contributed by atoms with Crippen molar-refractivity contribution in [3.8, 4) is 0 Å². The minimum atomic E-state index is -2.40. The molecule has 1 nitrogen and oxygen atoms in total. The second kappa shape index (κ2) is 8.36. The Hall–Kier alpha value is -0.683. The topological polar surface area (TPSA) is 9.23 Å². The fraction of sp³-hybridized carbons (Fsp3) is 0.478. The van der Waals surface area contributed by atoms with Crippen molar-refractivity contribution >= 4 is 42.2 Å². The van der Waals surface area contributed by atoms with Gasteiger partial charge in [0.25, 0.3) is 8.32 Å². The van der Waals surface area contributed by atoms with Crippen LogP contribution in [0.4, 0.5) is 0 Å². The maximum atomic E-state index is 7.14. The molecule has 1 fully saturated rings. The van der Waals surface area contributed by atoms with E-state index in [0.717, 1.165) is 6.61 Å². The van der Waals surface area contributed by atoms with Crippen LogP contribution in [0.3, 0.4) is 0 Å². The Morgan fingerprint density at radius 3 is 1.74 bits per heavy atom. The van der Waals surface area contributed by atoms with Gasteiger partial charge in [0.05, 0.1) is 4.08 Å². The Labute approximate surface area is 174 Å². The molecule has 2 aromatic carbocycles. The van der Waals surface area contributed by atoms with E-state index >= 15 is 0 Å². The molecule has 1 aliphatic carbocycles. The summed E-state index contributed by atoms with van der Waals surface area (Å²) in [5.41, 5.74) is 0. The molecule has 0 N–H and O–H groups in total. The van der Waals surface area contributed by atoms with Gasteiger partial charge in [0.2, 0.25) is 0 Å². The number of benzene rings is 2. The molecule has 0 saturated heterocycles. The first-order valence-corrected chi connectivity index (χ1v) is 14.1. The number of hydrogen-bond acceptors (Lipinski definition) is 3. The third-order valence-corrected chi connectivity index (χ3v) is 14.5. The van der Waals surface area contributed by atoms with Crippen LogP contribution in [-0.2, 0) is 4.43 Å². The lowest BCUT2D eigenvalue weighted by atomic mass is 9.84. The first-order valence-electron chi connectivity index (χ1n) is 9.75. The predicted octanol–water partition coefficient (Wildman–Crippen LogP) is 5.40. The molecule has 0 amide bonds. The normalized spacial score (nSPS) is 19.5. The van der Waals surface area contributed by atoms with E-state index in [0.29, 0.717) is 10.00 Å². The van der Waals surface area contributed by atoms with Gasteiger partial charge in [0, 0.05) is 12.5 Å². The summed E-state index contributed by atoms with van der Waals surface area (Å²) in [7, 11) is -2.40. The van der Waals surface area contributed by atoms with Crippen LogP contribution in [0, 0.1) is 5.92 Å². The average Bonchev–Trinajstić information content (AvgIpc) is 2.66. The van der Waals surface area contributed by atoms with Crippen LogP contribution in [0.5, 0.6) is 0 Å². The highest BCUT2D eigenvalue weighted by Crippen LogP contribution is 2.55. The summed E-state index contributed by atoms with van der Waals surface area (Å²) in [6, 6.07) is 22.0. The molecule has 1 atom stereocenters. The summed E-state index contributed by atoms with van der Waals surface area (Å²) >= 11 is 4.03. The third kappa shape index (κ3) is 3.78. The quantitative estimate of drug-likeness (QED) is 0.442. The van der Waals surface area contributed by atoms with Gasteiger partial charge in [-0.05, 0) is 40.8 Å². The average molecular weight is 417 g/mol. The van der Waals surface area contributed by atoms with Gasteiger partial charge in [-0.25, -0.2) is 0 Å². The zero-order valence-electron chi connectivity index (χ0n) is 17.2. The van der Waals surface area contributed by atoms with Crippen molar-refractivity contribution in [1.29, 1.82) is 0 Å². The van der Waals surface area contributed by atoms with Crippen LogP contribution in [0.2, 0.25) is 5.04 Å². The van der Waals surface area contributed by atoms with Crippen molar-refractivity contribution in [3.63, 3.8) is 0 Å². The fourth-order valence-electron chi connectivity index (χ4n) is 4.40. The van der Waals surface area contributed by atoms with Crippen LogP contribution in [-0.4, -0.2) is 31.5 Å². The number of rotatable bonds is 7. The summed E-state index contributed by atoms with van der Waals surface area (Å²) in [6.45, 7) is 7.93. The molecule has 0 aromatic heterocycles. The van der Waals surface area contributed by atoms with Crippen molar-refractivity contribution in [2.75, 3.05) is 19.1 Å². The maximum Gasteiger partial charge on any atom is 0.261 e. The van der Waals surface area contributed by atoms with Crippen molar-refractivity contribution in [3.05, 3.63) is 60.7 Å². The van der Waals surface area contributed by atoms with Gasteiger partial charge in [-0.2, -0.15) is 0 Å². The van der Waals surface area contributed by atoms with E-state index in [1.54, 1.807) is 0 Å². The lowest BCUT2D eigenvalue weighted by Crippen LogP contribution is -2.67. The van der Waals surface area contributed by atoms with E-state index in [9.17, 15) is 0 Å².